The van der Waals surface area contributed by atoms with Crippen molar-refractivity contribution in [2.75, 3.05) is 36.0 Å². The third-order valence-electron chi connectivity index (χ3n) is 6.46. The molecule has 0 N–H and O–H groups in total. The quantitative estimate of drug-likeness (QED) is 0.555. The highest BCUT2D eigenvalue weighted by Gasteiger charge is 2.27. The van der Waals surface area contributed by atoms with E-state index in [0.717, 1.165) is 48.5 Å². The van der Waals surface area contributed by atoms with Crippen molar-refractivity contribution >= 4 is 30.8 Å². The SMILES string of the molecule is [B]C1=CC(Cn2c(N3CCN(c4ccccn4)CC3)nc3c2c(=O)n(C)c(=O)n3C)CC=C1. The number of anilines is 2. The first-order valence-electron chi connectivity index (χ1n) is 11.1. The molecule has 0 saturated carbocycles. The molecular weight excluding hydrogens is 417 g/mol. The second-order valence-corrected chi connectivity index (χ2v) is 8.63. The Morgan fingerprint density at radius 3 is 2.52 bits per heavy atom. The van der Waals surface area contributed by atoms with E-state index in [9.17, 15) is 9.59 Å². The van der Waals surface area contributed by atoms with Crippen LogP contribution in [0.5, 0.6) is 0 Å². The van der Waals surface area contributed by atoms with Crippen molar-refractivity contribution in [3.05, 3.63) is 68.9 Å². The minimum Gasteiger partial charge on any atom is -0.353 e. The number of fused-ring (bicyclic) bond motifs is 1. The zero-order chi connectivity index (χ0) is 23.1. The predicted octanol–water partition coefficient (Wildman–Crippen LogP) is 0.784. The molecule has 2 radical (unpaired) electrons. The Bertz CT molecular complexity index is 1360. The molecule has 9 nitrogen and oxygen atoms in total. The molecule has 0 spiro atoms. The number of aromatic nitrogens is 5. The lowest BCUT2D eigenvalue weighted by Gasteiger charge is -2.36. The molecule has 3 aromatic rings. The Kier molecular flexibility index (Phi) is 5.43. The molecule has 0 aromatic carbocycles. The van der Waals surface area contributed by atoms with E-state index in [-0.39, 0.29) is 17.2 Å². The first kappa shape index (κ1) is 21.3. The number of allylic oxidation sites excluding steroid dienone is 4. The number of aryl methyl sites for hydroxylation is 1. The summed E-state index contributed by atoms with van der Waals surface area (Å²) in [5, 5.41) is 0. The number of hydrogen-bond acceptors (Lipinski definition) is 6. The summed E-state index contributed by atoms with van der Waals surface area (Å²) in [6.07, 6.45) is 8.62. The normalized spacial score (nSPS) is 18.7. The maximum absolute atomic E-state index is 13.2. The van der Waals surface area contributed by atoms with Crippen LogP contribution < -0.4 is 21.0 Å². The first-order chi connectivity index (χ1) is 15.9. The molecule has 1 fully saturated rings. The first-order valence-corrected chi connectivity index (χ1v) is 11.1. The Hall–Kier alpha value is -3.56. The Morgan fingerprint density at radius 1 is 1.06 bits per heavy atom. The van der Waals surface area contributed by atoms with Crippen LogP contribution in [0.25, 0.3) is 11.2 Å². The summed E-state index contributed by atoms with van der Waals surface area (Å²) in [4.78, 5) is 39.4. The fourth-order valence-corrected chi connectivity index (χ4v) is 4.66. The van der Waals surface area contributed by atoms with Gasteiger partial charge in [-0.05, 0) is 24.5 Å². The highest BCUT2D eigenvalue weighted by molar-refractivity contribution is 6.23. The van der Waals surface area contributed by atoms with Crippen LogP contribution in [0.4, 0.5) is 11.8 Å². The fourth-order valence-electron chi connectivity index (χ4n) is 4.66. The molecule has 0 bridgehead atoms. The average molecular weight is 443 g/mol. The number of nitrogens with zero attached hydrogens (tertiary/aromatic N) is 7. The molecule has 3 aromatic heterocycles. The van der Waals surface area contributed by atoms with Crippen molar-refractivity contribution in [1.82, 2.24) is 23.7 Å². The van der Waals surface area contributed by atoms with E-state index in [2.05, 4.69) is 20.9 Å². The van der Waals surface area contributed by atoms with Crippen LogP contribution in [0.2, 0.25) is 0 Å². The zero-order valence-corrected chi connectivity index (χ0v) is 18.9. The highest BCUT2D eigenvalue weighted by atomic mass is 16.2. The molecule has 0 amide bonds. The molecule has 1 unspecified atom stereocenters. The molecule has 1 atom stereocenters. The standard InChI is InChI=1S/C23H26BN7O2/c1-27-20-19(21(32)28(2)23(27)33)31(15-16-6-5-7-17(24)14-16)22(26-20)30-12-10-29(11-13-30)18-8-3-4-9-25-18/h3-5,7-9,14,16H,6,10-13,15H2,1-2H3. The number of piperazine rings is 1. The summed E-state index contributed by atoms with van der Waals surface area (Å²) in [5.74, 6) is 1.81. The molecule has 33 heavy (non-hydrogen) atoms. The largest absolute Gasteiger partial charge is 0.353 e. The molecule has 2 aliphatic rings. The summed E-state index contributed by atoms with van der Waals surface area (Å²) in [6, 6.07) is 5.91. The van der Waals surface area contributed by atoms with Gasteiger partial charge in [0, 0.05) is 53.0 Å². The zero-order valence-electron chi connectivity index (χ0n) is 18.9. The average Bonchev–Trinajstić information content (AvgIpc) is 3.21. The van der Waals surface area contributed by atoms with Crippen molar-refractivity contribution in [3.63, 3.8) is 0 Å². The summed E-state index contributed by atoms with van der Waals surface area (Å²) in [7, 11) is 9.20. The Morgan fingerprint density at radius 2 is 1.82 bits per heavy atom. The molecule has 1 aliphatic carbocycles. The third kappa shape index (κ3) is 3.79. The Balaban J connectivity index is 1.55. The van der Waals surface area contributed by atoms with Gasteiger partial charge in [0.2, 0.25) is 5.95 Å². The van der Waals surface area contributed by atoms with Gasteiger partial charge >= 0.3 is 5.69 Å². The van der Waals surface area contributed by atoms with Crippen LogP contribution in [-0.4, -0.2) is 57.7 Å². The number of rotatable bonds is 4. The van der Waals surface area contributed by atoms with Gasteiger partial charge in [-0.1, -0.05) is 24.3 Å². The minimum atomic E-state index is -0.381. The maximum atomic E-state index is 13.2. The number of pyridine rings is 1. The van der Waals surface area contributed by atoms with Gasteiger partial charge in [-0.15, -0.1) is 5.47 Å². The topological polar surface area (TPSA) is 81.2 Å². The minimum absolute atomic E-state index is 0.142. The van der Waals surface area contributed by atoms with E-state index >= 15 is 0 Å². The van der Waals surface area contributed by atoms with Crippen LogP contribution in [-0.2, 0) is 20.6 Å². The molecule has 4 heterocycles. The van der Waals surface area contributed by atoms with Gasteiger partial charge in [-0.3, -0.25) is 13.9 Å². The van der Waals surface area contributed by atoms with Crippen molar-refractivity contribution in [3.8, 4) is 0 Å². The summed E-state index contributed by atoms with van der Waals surface area (Å²) in [5.41, 5.74) is 0.869. The molecular formula is C23H26BN7O2. The van der Waals surface area contributed by atoms with Crippen molar-refractivity contribution in [1.29, 1.82) is 0 Å². The van der Waals surface area contributed by atoms with Gasteiger partial charge in [0.15, 0.2) is 11.2 Å². The maximum Gasteiger partial charge on any atom is 0.332 e. The van der Waals surface area contributed by atoms with Gasteiger partial charge in [0.05, 0.1) is 0 Å². The van der Waals surface area contributed by atoms with Crippen molar-refractivity contribution < 1.29 is 0 Å². The van der Waals surface area contributed by atoms with Gasteiger partial charge in [-0.25, -0.2) is 9.78 Å². The van der Waals surface area contributed by atoms with Crippen LogP contribution in [0.3, 0.4) is 0 Å². The Labute approximate surface area is 192 Å². The third-order valence-corrected chi connectivity index (χ3v) is 6.46. The van der Waals surface area contributed by atoms with Crippen LogP contribution in [0, 0.1) is 5.92 Å². The van der Waals surface area contributed by atoms with Gasteiger partial charge < -0.3 is 14.4 Å². The second-order valence-electron chi connectivity index (χ2n) is 8.63. The van der Waals surface area contributed by atoms with Crippen LogP contribution >= 0.6 is 0 Å². The fraction of sp³-hybridized carbons (Fsp3) is 0.391. The smallest absolute Gasteiger partial charge is 0.332 e. The van der Waals surface area contributed by atoms with E-state index in [4.69, 9.17) is 12.8 Å². The lowest BCUT2D eigenvalue weighted by molar-refractivity contribution is 0.526. The van der Waals surface area contributed by atoms with E-state index in [1.54, 1.807) is 13.2 Å². The summed E-state index contributed by atoms with van der Waals surface area (Å²) >= 11 is 0. The number of hydrogen-bond donors (Lipinski definition) is 0. The van der Waals surface area contributed by atoms with E-state index < -0.39 is 0 Å². The van der Waals surface area contributed by atoms with Gasteiger partial charge in [0.25, 0.3) is 5.56 Å². The van der Waals surface area contributed by atoms with Crippen molar-refractivity contribution in [2.45, 2.75) is 13.0 Å². The molecule has 10 heteroatoms. The van der Waals surface area contributed by atoms with Crippen LogP contribution in [0.1, 0.15) is 6.42 Å². The van der Waals surface area contributed by atoms with E-state index in [0.29, 0.717) is 23.7 Å². The van der Waals surface area contributed by atoms with E-state index in [1.807, 2.05) is 34.9 Å². The van der Waals surface area contributed by atoms with E-state index in [1.165, 1.54) is 11.6 Å². The molecule has 168 valence electrons. The number of imidazole rings is 1. The summed E-state index contributed by atoms with van der Waals surface area (Å²) < 4.78 is 4.57. The molecule has 5 rings (SSSR count). The highest BCUT2D eigenvalue weighted by Crippen LogP contribution is 2.26. The lowest BCUT2D eigenvalue weighted by Crippen LogP contribution is -2.47. The monoisotopic (exact) mass is 443 g/mol. The lowest BCUT2D eigenvalue weighted by atomic mass is 9.86. The molecule has 1 saturated heterocycles. The summed E-state index contributed by atoms with van der Waals surface area (Å²) in [6.45, 7) is 3.60. The predicted molar refractivity (Wildman–Crippen MR) is 130 cm³/mol. The van der Waals surface area contributed by atoms with Gasteiger partial charge in [0.1, 0.15) is 13.7 Å². The van der Waals surface area contributed by atoms with Crippen molar-refractivity contribution in [2.24, 2.45) is 20.0 Å². The second kappa shape index (κ2) is 8.42. The van der Waals surface area contributed by atoms with Gasteiger partial charge in [-0.2, -0.15) is 4.98 Å². The molecule has 1 aliphatic heterocycles. The van der Waals surface area contributed by atoms with Crippen LogP contribution in [0.15, 0.2) is 57.7 Å².